The number of piperidine rings is 1. The third-order valence-corrected chi connectivity index (χ3v) is 4.36. The molecule has 2 aromatic rings. The maximum atomic E-state index is 12.7. The zero-order chi connectivity index (χ0) is 16.8. The van der Waals surface area contributed by atoms with Crippen LogP contribution in [-0.2, 0) is 20.1 Å². The van der Waals surface area contributed by atoms with Crippen LogP contribution in [0.25, 0.3) is 11.0 Å². The number of benzene rings is 1. The molecule has 2 heterocycles. The Bertz CT molecular complexity index is 926. The Labute approximate surface area is 138 Å². The van der Waals surface area contributed by atoms with Gasteiger partial charge in [-0.25, -0.2) is 4.98 Å². The van der Waals surface area contributed by atoms with Crippen LogP contribution < -0.4 is 9.50 Å². The van der Waals surface area contributed by atoms with Gasteiger partial charge in [0.05, 0.1) is 21.8 Å². The van der Waals surface area contributed by atoms with Crippen molar-refractivity contribution in [2.24, 2.45) is 0 Å². The van der Waals surface area contributed by atoms with Gasteiger partial charge in [0.1, 0.15) is 6.04 Å². The molecule has 1 aliphatic heterocycles. The molecule has 2 amide bonds. The lowest BCUT2D eigenvalue weighted by atomic mass is 10.1. The van der Waals surface area contributed by atoms with Crippen LogP contribution >= 0.6 is 15.9 Å². The largest absolute Gasteiger partial charge is 0.488 e. The molecule has 0 spiro atoms. The van der Waals surface area contributed by atoms with E-state index < -0.39 is 22.5 Å². The number of nitrogens with zero attached hydrogens (tertiary/aromatic N) is 2. The van der Waals surface area contributed by atoms with Gasteiger partial charge in [-0.05, 0) is 28.4 Å². The van der Waals surface area contributed by atoms with Crippen molar-refractivity contribution in [1.29, 1.82) is 0 Å². The fourth-order valence-electron chi connectivity index (χ4n) is 2.40. The average molecular weight is 406 g/mol. The van der Waals surface area contributed by atoms with Crippen molar-refractivity contribution in [2.45, 2.75) is 18.9 Å². The summed E-state index contributed by atoms with van der Waals surface area (Å²) in [6.07, 6.45) is 1.92. The van der Waals surface area contributed by atoms with E-state index in [9.17, 15) is 21.9 Å². The number of carbonyl (C=O) groups is 2. The number of imide groups is 1. The van der Waals surface area contributed by atoms with Crippen LogP contribution in [0.4, 0.5) is 3.89 Å². The van der Waals surface area contributed by atoms with Gasteiger partial charge in [0.2, 0.25) is 11.8 Å². The van der Waals surface area contributed by atoms with Crippen LogP contribution in [-0.4, -0.2) is 29.8 Å². The standard InChI is InChI=1S/C12H9BrFN3O5S/c13-6-3-9-7(4-10(6)22-23(14,20)21)15-5-17(9)8-1-2-11(18)16-12(8)19/h3-5,8H,1-2H2,(H,16,18,19). The molecule has 11 heteroatoms. The van der Waals surface area contributed by atoms with E-state index in [0.29, 0.717) is 17.5 Å². The summed E-state index contributed by atoms with van der Waals surface area (Å²) in [5, 5.41) is 2.25. The van der Waals surface area contributed by atoms with E-state index >= 15 is 0 Å². The first-order valence-electron chi connectivity index (χ1n) is 6.38. The molecule has 1 unspecified atom stereocenters. The molecule has 122 valence electrons. The van der Waals surface area contributed by atoms with Crippen LogP contribution in [0.15, 0.2) is 22.9 Å². The summed E-state index contributed by atoms with van der Waals surface area (Å²) in [5.74, 6) is -1.03. The van der Waals surface area contributed by atoms with Crippen molar-refractivity contribution in [2.75, 3.05) is 0 Å². The maximum Gasteiger partial charge on any atom is 0.488 e. The molecule has 1 atom stereocenters. The van der Waals surface area contributed by atoms with E-state index in [1.54, 1.807) is 4.57 Å². The highest BCUT2D eigenvalue weighted by Gasteiger charge is 2.29. The summed E-state index contributed by atoms with van der Waals surface area (Å²) in [7, 11) is -5.16. The molecule has 0 aliphatic carbocycles. The smallest absolute Gasteiger partial charge is 0.357 e. The van der Waals surface area contributed by atoms with E-state index in [2.05, 4.69) is 30.4 Å². The number of hydrogen-bond donors (Lipinski definition) is 1. The number of imidazole rings is 1. The Balaban J connectivity index is 2.03. The average Bonchev–Trinajstić information content (AvgIpc) is 2.80. The molecule has 1 N–H and O–H groups in total. The quantitative estimate of drug-likeness (QED) is 0.610. The van der Waals surface area contributed by atoms with Gasteiger partial charge in [0.25, 0.3) is 0 Å². The maximum absolute atomic E-state index is 12.7. The fraction of sp³-hybridized carbons (Fsp3) is 0.250. The predicted octanol–water partition coefficient (Wildman–Crippen LogP) is 1.37. The Morgan fingerprint density at radius 1 is 1.39 bits per heavy atom. The van der Waals surface area contributed by atoms with Gasteiger partial charge in [-0.1, -0.05) is 3.89 Å². The molecule has 0 saturated carbocycles. The van der Waals surface area contributed by atoms with Crippen LogP contribution in [0.1, 0.15) is 18.9 Å². The summed E-state index contributed by atoms with van der Waals surface area (Å²) in [6.45, 7) is 0. The van der Waals surface area contributed by atoms with Crippen molar-refractivity contribution < 1.29 is 26.1 Å². The number of rotatable bonds is 3. The molecule has 1 aromatic carbocycles. The minimum absolute atomic E-state index is 0.181. The molecule has 0 radical (unpaired) electrons. The third kappa shape index (κ3) is 3.20. The Kier molecular flexibility index (Phi) is 3.84. The first-order chi connectivity index (χ1) is 10.7. The Hall–Kier alpha value is -2.01. The SMILES string of the molecule is O=C1CCC(n2cnc3cc(OS(=O)(=O)F)c(Br)cc32)C(=O)N1. The number of amides is 2. The second-order valence-electron chi connectivity index (χ2n) is 4.87. The zero-order valence-electron chi connectivity index (χ0n) is 11.3. The Morgan fingerprint density at radius 3 is 2.78 bits per heavy atom. The monoisotopic (exact) mass is 405 g/mol. The molecular weight excluding hydrogens is 397 g/mol. The topological polar surface area (TPSA) is 107 Å². The van der Waals surface area contributed by atoms with Gasteiger partial charge >= 0.3 is 10.5 Å². The number of hydrogen-bond acceptors (Lipinski definition) is 6. The van der Waals surface area contributed by atoms with Crippen molar-refractivity contribution in [1.82, 2.24) is 14.9 Å². The summed E-state index contributed by atoms with van der Waals surface area (Å²) in [4.78, 5) is 27.2. The summed E-state index contributed by atoms with van der Waals surface area (Å²) in [5.41, 5.74) is 0.825. The van der Waals surface area contributed by atoms with E-state index in [0.717, 1.165) is 0 Å². The van der Waals surface area contributed by atoms with Gasteiger partial charge in [0, 0.05) is 12.5 Å². The lowest BCUT2D eigenvalue weighted by Gasteiger charge is -2.22. The zero-order valence-corrected chi connectivity index (χ0v) is 13.7. The van der Waals surface area contributed by atoms with Crippen molar-refractivity contribution in [3.8, 4) is 5.75 Å². The number of nitrogens with one attached hydrogen (secondary N) is 1. The summed E-state index contributed by atoms with van der Waals surface area (Å²) in [6, 6.07) is 2.09. The highest BCUT2D eigenvalue weighted by molar-refractivity contribution is 9.10. The highest BCUT2D eigenvalue weighted by atomic mass is 79.9. The normalized spacial score (nSPS) is 19.0. The number of aromatic nitrogens is 2. The Morgan fingerprint density at radius 2 is 2.13 bits per heavy atom. The summed E-state index contributed by atoms with van der Waals surface area (Å²) >= 11 is 3.09. The molecule has 0 bridgehead atoms. The molecule has 1 aliphatic rings. The van der Waals surface area contributed by atoms with Crippen LogP contribution in [0.5, 0.6) is 5.75 Å². The second kappa shape index (κ2) is 5.57. The van der Waals surface area contributed by atoms with Crippen LogP contribution in [0, 0.1) is 0 Å². The van der Waals surface area contributed by atoms with Gasteiger partial charge in [-0.15, -0.1) is 0 Å². The first kappa shape index (κ1) is 15.9. The number of fused-ring (bicyclic) bond motifs is 1. The van der Waals surface area contributed by atoms with Crippen molar-refractivity contribution in [3.63, 3.8) is 0 Å². The number of carbonyl (C=O) groups excluding carboxylic acids is 2. The van der Waals surface area contributed by atoms with Crippen molar-refractivity contribution >= 4 is 49.3 Å². The van der Waals surface area contributed by atoms with Crippen LogP contribution in [0.3, 0.4) is 0 Å². The van der Waals surface area contributed by atoms with Gasteiger partial charge in [-0.3, -0.25) is 14.9 Å². The second-order valence-corrected chi connectivity index (χ2v) is 6.67. The first-order valence-corrected chi connectivity index (χ1v) is 8.48. The van der Waals surface area contributed by atoms with E-state index in [1.165, 1.54) is 18.5 Å². The fourth-order valence-corrected chi connectivity index (χ4v) is 3.27. The molecule has 1 saturated heterocycles. The third-order valence-electron chi connectivity index (χ3n) is 3.36. The lowest BCUT2D eigenvalue weighted by Crippen LogP contribution is -2.41. The molecule has 1 fully saturated rings. The van der Waals surface area contributed by atoms with Gasteiger partial charge in [0.15, 0.2) is 5.75 Å². The highest BCUT2D eigenvalue weighted by Crippen LogP contribution is 2.33. The molecule has 3 rings (SSSR count). The lowest BCUT2D eigenvalue weighted by molar-refractivity contribution is -0.135. The molecule has 1 aromatic heterocycles. The summed E-state index contributed by atoms with van der Waals surface area (Å²) < 4.78 is 39.8. The van der Waals surface area contributed by atoms with Gasteiger partial charge < -0.3 is 8.75 Å². The number of halogens is 2. The van der Waals surface area contributed by atoms with Crippen LogP contribution in [0.2, 0.25) is 0 Å². The molecule has 8 nitrogen and oxygen atoms in total. The van der Waals surface area contributed by atoms with E-state index in [4.69, 9.17) is 0 Å². The predicted molar refractivity (Wildman–Crippen MR) is 79.5 cm³/mol. The minimum atomic E-state index is -5.16. The van der Waals surface area contributed by atoms with E-state index in [1.807, 2.05) is 0 Å². The van der Waals surface area contributed by atoms with Gasteiger partial charge in [-0.2, -0.15) is 8.42 Å². The molecule has 23 heavy (non-hydrogen) atoms. The van der Waals surface area contributed by atoms with Crippen molar-refractivity contribution in [3.05, 3.63) is 22.9 Å². The minimum Gasteiger partial charge on any atom is -0.357 e. The van der Waals surface area contributed by atoms with E-state index in [-0.39, 0.29) is 22.6 Å². The molecular formula is C12H9BrFN3O5S.